The van der Waals surface area contributed by atoms with Gasteiger partial charge in [0, 0.05) is 18.8 Å². The Balaban J connectivity index is 1.74. The summed E-state index contributed by atoms with van der Waals surface area (Å²) in [6.45, 7) is 1.42. The fourth-order valence-corrected chi connectivity index (χ4v) is 2.93. The van der Waals surface area contributed by atoms with Gasteiger partial charge in [0.15, 0.2) is 11.0 Å². The van der Waals surface area contributed by atoms with Crippen LogP contribution in [0.4, 0.5) is 5.69 Å². The molecule has 1 aromatic carbocycles. The van der Waals surface area contributed by atoms with Crippen LogP contribution in [-0.4, -0.2) is 37.3 Å². The van der Waals surface area contributed by atoms with Gasteiger partial charge in [0.2, 0.25) is 11.8 Å². The van der Waals surface area contributed by atoms with Crippen LogP contribution in [0.5, 0.6) is 0 Å². The molecule has 1 amide bonds. The first-order valence-electron chi connectivity index (χ1n) is 7.50. The van der Waals surface area contributed by atoms with Crippen LogP contribution in [0.25, 0.3) is 11.5 Å². The Kier molecular flexibility index (Phi) is 5.20. The molecule has 0 aliphatic rings. The zero-order valence-corrected chi connectivity index (χ0v) is 14.2. The Morgan fingerprint density at radius 3 is 2.52 bits per heavy atom. The molecule has 8 heteroatoms. The fourth-order valence-electron chi connectivity index (χ4n) is 2.16. The number of thioether (sulfide) groups is 1. The molecule has 7 nitrogen and oxygen atoms in total. The minimum Gasteiger partial charge on any atom is -0.325 e. The fraction of sp³-hybridized carbons (Fsp3) is 0.118. The summed E-state index contributed by atoms with van der Waals surface area (Å²) >= 11 is 1.15. The van der Waals surface area contributed by atoms with E-state index in [1.54, 1.807) is 30.5 Å². The molecule has 0 unspecified atom stereocenters. The maximum atomic E-state index is 12.1. The third-order valence-electron chi connectivity index (χ3n) is 3.23. The second-order valence-electron chi connectivity index (χ2n) is 5.08. The van der Waals surface area contributed by atoms with Crippen molar-refractivity contribution in [2.75, 3.05) is 11.1 Å². The molecule has 2 aromatic heterocycles. The van der Waals surface area contributed by atoms with Crippen molar-refractivity contribution in [3.63, 3.8) is 0 Å². The second kappa shape index (κ2) is 7.71. The third-order valence-corrected chi connectivity index (χ3v) is 4.16. The monoisotopic (exact) mass is 353 g/mol. The number of carbonyl (C=O) groups is 2. The average molecular weight is 353 g/mol. The minimum atomic E-state index is -0.239. The first kappa shape index (κ1) is 16.8. The van der Waals surface area contributed by atoms with E-state index in [9.17, 15) is 9.59 Å². The molecule has 0 saturated heterocycles. The van der Waals surface area contributed by atoms with Crippen molar-refractivity contribution in [1.82, 2.24) is 19.7 Å². The molecular weight excluding hydrogens is 338 g/mol. The number of aromatic nitrogens is 4. The van der Waals surface area contributed by atoms with E-state index in [4.69, 9.17) is 0 Å². The van der Waals surface area contributed by atoms with Crippen LogP contribution in [-0.2, 0) is 4.79 Å². The Hall–Kier alpha value is -3.00. The summed E-state index contributed by atoms with van der Waals surface area (Å²) in [5.41, 5.74) is 1.26. The molecule has 0 saturated carbocycles. The summed E-state index contributed by atoms with van der Waals surface area (Å²) in [5, 5.41) is 11.2. The van der Waals surface area contributed by atoms with Crippen molar-refractivity contribution in [3.05, 3.63) is 54.7 Å². The summed E-state index contributed by atoms with van der Waals surface area (Å²) in [4.78, 5) is 28.2. The van der Waals surface area contributed by atoms with Crippen LogP contribution < -0.4 is 5.32 Å². The zero-order valence-electron chi connectivity index (χ0n) is 13.4. The topological polar surface area (TPSA) is 89.8 Å². The van der Waals surface area contributed by atoms with Crippen molar-refractivity contribution in [3.8, 4) is 11.5 Å². The lowest BCUT2D eigenvalue weighted by Gasteiger charge is -2.06. The van der Waals surface area contributed by atoms with Gasteiger partial charge in [-0.1, -0.05) is 36.0 Å². The van der Waals surface area contributed by atoms with E-state index < -0.39 is 0 Å². The van der Waals surface area contributed by atoms with Gasteiger partial charge < -0.3 is 5.32 Å². The molecule has 0 aliphatic carbocycles. The van der Waals surface area contributed by atoms with Gasteiger partial charge in [0.05, 0.1) is 5.75 Å². The lowest BCUT2D eigenvalue weighted by molar-refractivity contribution is -0.113. The summed E-state index contributed by atoms with van der Waals surface area (Å²) in [5.74, 6) is 0.0482. The maximum absolute atomic E-state index is 12.1. The number of para-hydroxylation sites is 1. The quantitative estimate of drug-likeness (QED) is 0.709. The van der Waals surface area contributed by atoms with Crippen LogP contribution in [0.3, 0.4) is 0 Å². The van der Waals surface area contributed by atoms with Gasteiger partial charge in [-0.15, -0.1) is 10.2 Å². The molecule has 1 N–H and O–H groups in total. The Morgan fingerprint density at radius 1 is 1.08 bits per heavy atom. The molecule has 2 heterocycles. The van der Waals surface area contributed by atoms with Crippen molar-refractivity contribution in [2.45, 2.75) is 12.1 Å². The lowest BCUT2D eigenvalue weighted by Crippen LogP contribution is -2.15. The summed E-state index contributed by atoms with van der Waals surface area (Å²) in [7, 11) is 0. The smallest absolute Gasteiger partial charge is 0.234 e. The SMILES string of the molecule is CC(=O)n1c(SCC(=O)Nc2ccccc2)nnc1-c1ccccn1. The maximum Gasteiger partial charge on any atom is 0.234 e. The van der Waals surface area contributed by atoms with Crippen LogP contribution in [0, 0.1) is 0 Å². The highest BCUT2D eigenvalue weighted by atomic mass is 32.2. The third kappa shape index (κ3) is 4.10. The zero-order chi connectivity index (χ0) is 17.6. The number of amides is 1. The van der Waals surface area contributed by atoms with Gasteiger partial charge >= 0.3 is 0 Å². The van der Waals surface area contributed by atoms with E-state index in [1.807, 2.05) is 24.3 Å². The van der Waals surface area contributed by atoms with E-state index in [0.29, 0.717) is 16.7 Å². The number of hydrogen-bond donors (Lipinski definition) is 1. The van der Waals surface area contributed by atoms with E-state index in [2.05, 4.69) is 20.5 Å². The minimum absolute atomic E-state index is 0.114. The Bertz CT molecular complexity index is 881. The van der Waals surface area contributed by atoms with Gasteiger partial charge in [0.25, 0.3) is 0 Å². The number of anilines is 1. The van der Waals surface area contributed by atoms with Crippen LogP contribution in [0.2, 0.25) is 0 Å². The largest absolute Gasteiger partial charge is 0.325 e. The van der Waals surface area contributed by atoms with Crippen molar-refractivity contribution < 1.29 is 9.59 Å². The highest BCUT2D eigenvalue weighted by Gasteiger charge is 2.19. The number of rotatable bonds is 5. The number of benzene rings is 1. The summed E-state index contributed by atoms with van der Waals surface area (Å²) in [6, 6.07) is 14.5. The number of hydrogen-bond acceptors (Lipinski definition) is 6. The number of carbonyl (C=O) groups excluding carboxylic acids is 2. The van der Waals surface area contributed by atoms with Gasteiger partial charge in [0.1, 0.15) is 5.69 Å². The first-order valence-corrected chi connectivity index (χ1v) is 8.49. The molecule has 0 radical (unpaired) electrons. The normalized spacial score (nSPS) is 10.4. The van der Waals surface area contributed by atoms with E-state index in [0.717, 1.165) is 17.4 Å². The second-order valence-corrected chi connectivity index (χ2v) is 6.02. The van der Waals surface area contributed by atoms with Gasteiger partial charge in [-0.2, -0.15) is 0 Å². The number of nitrogens with one attached hydrogen (secondary N) is 1. The summed E-state index contributed by atoms with van der Waals surface area (Å²) in [6.07, 6.45) is 1.62. The molecule has 25 heavy (non-hydrogen) atoms. The highest BCUT2D eigenvalue weighted by Crippen LogP contribution is 2.22. The van der Waals surface area contributed by atoms with Crippen LogP contribution in [0.1, 0.15) is 11.7 Å². The molecular formula is C17H15N5O2S. The van der Waals surface area contributed by atoms with Crippen LogP contribution >= 0.6 is 11.8 Å². The number of nitrogens with zero attached hydrogens (tertiary/aromatic N) is 4. The standard InChI is InChI=1S/C17H15N5O2S/c1-12(23)22-16(14-9-5-6-10-18-14)20-21-17(22)25-11-15(24)19-13-7-3-2-4-8-13/h2-10H,11H2,1H3,(H,19,24). The predicted octanol–water partition coefficient (Wildman–Crippen LogP) is 2.73. The molecule has 126 valence electrons. The van der Waals surface area contributed by atoms with Gasteiger partial charge in [-0.05, 0) is 24.3 Å². The molecule has 0 fully saturated rings. The Labute approximate surface area is 148 Å². The number of pyridine rings is 1. The van der Waals surface area contributed by atoms with Gasteiger partial charge in [-0.3, -0.25) is 14.6 Å². The van der Waals surface area contributed by atoms with Gasteiger partial charge in [-0.25, -0.2) is 4.57 Å². The molecule has 3 rings (SSSR count). The van der Waals surface area contributed by atoms with E-state index in [1.165, 1.54) is 11.5 Å². The van der Waals surface area contributed by atoms with Crippen molar-refractivity contribution in [1.29, 1.82) is 0 Å². The molecule has 0 bridgehead atoms. The highest BCUT2D eigenvalue weighted by molar-refractivity contribution is 7.99. The van der Waals surface area contributed by atoms with Crippen LogP contribution in [0.15, 0.2) is 59.9 Å². The van der Waals surface area contributed by atoms with E-state index in [-0.39, 0.29) is 17.6 Å². The lowest BCUT2D eigenvalue weighted by atomic mass is 10.3. The average Bonchev–Trinajstić information content (AvgIpc) is 3.06. The Morgan fingerprint density at radius 2 is 1.84 bits per heavy atom. The van der Waals surface area contributed by atoms with E-state index >= 15 is 0 Å². The van der Waals surface area contributed by atoms with Crippen molar-refractivity contribution in [2.24, 2.45) is 0 Å². The predicted molar refractivity (Wildman–Crippen MR) is 95.3 cm³/mol. The molecule has 0 spiro atoms. The molecule has 3 aromatic rings. The molecule has 0 aliphatic heterocycles. The first-order chi connectivity index (χ1) is 12.1. The van der Waals surface area contributed by atoms with Crippen molar-refractivity contribution >= 4 is 29.3 Å². The summed E-state index contributed by atoms with van der Waals surface area (Å²) < 4.78 is 1.36. The molecule has 0 atom stereocenters.